The van der Waals surface area contributed by atoms with Gasteiger partial charge >= 0.3 is 0 Å². The van der Waals surface area contributed by atoms with Gasteiger partial charge in [-0.25, -0.2) is 9.97 Å². The summed E-state index contributed by atoms with van der Waals surface area (Å²) in [6.07, 6.45) is 2.31. The van der Waals surface area contributed by atoms with Gasteiger partial charge in [-0.15, -0.1) is 0 Å². The number of aliphatic hydroxyl groups excluding tert-OH is 1. The Balaban J connectivity index is 2.09. The molecule has 0 amide bonds. The molecule has 1 aliphatic carbocycles. The standard InChI is InChI=1S/C12H18ClN3O/c1-7(6-17)8(2)14-11-5-10(13)15-12(16-11)9-3-4-9/h5,7-9,17H,3-4,6H2,1-2H3,(H,14,15,16). The number of nitrogens with zero attached hydrogens (tertiary/aromatic N) is 2. The number of hydrogen-bond acceptors (Lipinski definition) is 4. The molecule has 0 radical (unpaired) electrons. The largest absolute Gasteiger partial charge is 0.396 e. The maximum atomic E-state index is 9.09. The molecule has 2 N–H and O–H groups in total. The molecule has 1 fully saturated rings. The van der Waals surface area contributed by atoms with Crippen molar-refractivity contribution in [3.05, 3.63) is 17.0 Å². The van der Waals surface area contributed by atoms with Crippen molar-refractivity contribution in [2.24, 2.45) is 5.92 Å². The average molecular weight is 256 g/mol. The molecule has 2 rings (SSSR count). The second-order valence-electron chi connectivity index (χ2n) is 4.80. The van der Waals surface area contributed by atoms with E-state index in [2.05, 4.69) is 15.3 Å². The number of halogens is 1. The first-order valence-corrected chi connectivity index (χ1v) is 6.40. The molecule has 1 heterocycles. The number of hydrogen-bond donors (Lipinski definition) is 2. The lowest BCUT2D eigenvalue weighted by Gasteiger charge is -2.20. The molecule has 0 aliphatic heterocycles. The fourth-order valence-electron chi connectivity index (χ4n) is 1.57. The van der Waals surface area contributed by atoms with Gasteiger partial charge in [0.1, 0.15) is 16.8 Å². The topological polar surface area (TPSA) is 58.0 Å². The van der Waals surface area contributed by atoms with E-state index < -0.39 is 0 Å². The van der Waals surface area contributed by atoms with Crippen LogP contribution in [0.1, 0.15) is 38.4 Å². The first kappa shape index (κ1) is 12.6. The van der Waals surface area contributed by atoms with Crippen molar-refractivity contribution in [2.75, 3.05) is 11.9 Å². The van der Waals surface area contributed by atoms with E-state index in [0.29, 0.717) is 11.1 Å². The predicted molar refractivity (Wildman–Crippen MR) is 68.4 cm³/mol. The first-order valence-electron chi connectivity index (χ1n) is 6.02. The molecule has 0 saturated heterocycles. The van der Waals surface area contributed by atoms with Gasteiger partial charge in [0.05, 0.1) is 0 Å². The van der Waals surface area contributed by atoms with Crippen LogP contribution in [0.4, 0.5) is 5.82 Å². The quantitative estimate of drug-likeness (QED) is 0.794. The maximum absolute atomic E-state index is 9.09. The minimum atomic E-state index is 0.151. The van der Waals surface area contributed by atoms with Crippen molar-refractivity contribution >= 4 is 17.4 Å². The summed E-state index contributed by atoms with van der Waals surface area (Å²) >= 11 is 5.98. The van der Waals surface area contributed by atoms with E-state index in [4.69, 9.17) is 16.7 Å². The molecule has 2 atom stereocenters. The number of nitrogens with one attached hydrogen (secondary N) is 1. The Bertz CT molecular complexity index is 395. The summed E-state index contributed by atoms with van der Waals surface area (Å²) in [5, 5.41) is 12.8. The second kappa shape index (κ2) is 5.19. The minimum absolute atomic E-state index is 0.151. The molecule has 94 valence electrons. The van der Waals surface area contributed by atoms with Crippen molar-refractivity contribution in [3.8, 4) is 0 Å². The molecular weight excluding hydrogens is 238 g/mol. The third kappa shape index (κ3) is 3.30. The third-order valence-corrected chi connectivity index (χ3v) is 3.37. The zero-order valence-electron chi connectivity index (χ0n) is 10.2. The lowest BCUT2D eigenvalue weighted by atomic mass is 10.1. The van der Waals surface area contributed by atoms with Crippen LogP contribution in [-0.4, -0.2) is 27.7 Å². The van der Waals surface area contributed by atoms with Gasteiger partial charge in [0.25, 0.3) is 0 Å². The second-order valence-corrected chi connectivity index (χ2v) is 5.19. The van der Waals surface area contributed by atoms with Crippen LogP contribution in [0.3, 0.4) is 0 Å². The molecule has 1 aliphatic rings. The molecule has 1 saturated carbocycles. The van der Waals surface area contributed by atoms with Gasteiger partial charge in [0, 0.05) is 24.6 Å². The van der Waals surface area contributed by atoms with Crippen LogP contribution in [0.25, 0.3) is 0 Å². The molecule has 0 bridgehead atoms. The lowest BCUT2D eigenvalue weighted by molar-refractivity contribution is 0.226. The van der Waals surface area contributed by atoms with Crippen molar-refractivity contribution in [1.82, 2.24) is 9.97 Å². The van der Waals surface area contributed by atoms with E-state index >= 15 is 0 Å². The summed E-state index contributed by atoms with van der Waals surface area (Å²) in [6.45, 7) is 4.17. The lowest BCUT2D eigenvalue weighted by Crippen LogP contribution is -2.26. The van der Waals surface area contributed by atoms with Crippen LogP contribution in [0.5, 0.6) is 0 Å². The van der Waals surface area contributed by atoms with Gasteiger partial charge in [-0.3, -0.25) is 0 Å². The summed E-state index contributed by atoms with van der Waals surface area (Å²) in [5.41, 5.74) is 0. The molecule has 2 unspecified atom stereocenters. The molecular formula is C12H18ClN3O. The van der Waals surface area contributed by atoms with E-state index in [-0.39, 0.29) is 18.6 Å². The molecule has 17 heavy (non-hydrogen) atoms. The zero-order chi connectivity index (χ0) is 12.4. The van der Waals surface area contributed by atoms with Crippen molar-refractivity contribution < 1.29 is 5.11 Å². The van der Waals surface area contributed by atoms with E-state index in [1.165, 1.54) is 0 Å². The van der Waals surface area contributed by atoms with Gasteiger partial charge in [0.15, 0.2) is 0 Å². The molecule has 1 aromatic heterocycles. The third-order valence-electron chi connectivity index (χ3n) is 3.17. The van der Waals surface area contributed by atoms with E-state index in [1.807, 2.05) is 13.8 Å². The van der Waals surface area contributed by atoms with Gasteiger partial charge in [-0.05, 0) is 25.7 Å². The Morgan fingerprint density at radius 1 is 1.47 bits per heavy atom. The Hall–Kier alpha value is -0.870. The Morgan fingerprint density at radius 2 is 2.18 bits per heavy atom. The molecule has 1 aromatic rings. The minimum Gasteiger partial charge on any atom is -0.396 e. The summed E-state index contributed by atoms with van der Waals surface area (Å²) in [4.78, 5) is 8.70. The number of aliphatic hydroxyl groups is 1. The Morgan fingerprint density at radius 3 is 2.76 bits per heavy atom. The van der Waals surface area contributed by atoms with Crippen LogP contribution in [0, 0.1) is 5.92 Å². The zero-order valence-corrected chi connectivity index (χ0v) is 10.9. The highest BCUT2D eigenvalue weighted by atomic mass is 35.5. The normalized spacial score (nSPS) is 18.8. The van der Waals surface area contributed by atoms with E-state index in [1.54, 1.807) is 6.07 Å². The van der Waals surface area contributed by atoms with Gasteiger partial charge in [-0.1, -0.05) is 18.5 Å². The fraction of sp³-hybridized carbons (Fsp3) is 0.667. The highest BCUT2D eigenvalue weighted by Crippen LogP contribution is 2.38. The van der Waals surface area contributed by atoms with Gasteiger partial charge < -0.3 is 10.4 Å². The van der Waals surface area contributed by atoms with Crippen molar-refractivity contribution in [2.45, 2.75) is 38.6 Å². The molecule has 5 heteroatoms. The number of rotatable bonds is 5. The smallest absolute Gasteiger partial charge is 0.135 e. The summed E-state index contributed by atoms with van der Waals surface area (Å²) in [6, 6.07) is 1.88. The Kier molecular flexibility index (Phi) is 3.84. The van der Waals surface area contributed by atoms with Crippen molar-refractivity contribution in [3.63, 3.8) is 0 Å². The number of aromatic nitrogens is 2. The van der Waals surface area contributed by atoms with Crippen LogP contribution in [0.2, 0.25) is 5.15 Å². The molecule has 4 nitrogen and oxygen atoms in total. The number of anilines is 1. The first-order chi connectivity index (χ1) is 8.10. The molecule has 0 aromatic carbocycles. The molecule has 0 spiro atoms. The van der Waals surface area contributed by atoms with Crippen LogP contribution in [-0.2, 0) is 0 Å². The summed E-state index contributed by atoms with van der Waals surface area (Å²) in [5.74, 6) is 2.25. The van der Waals surface area contributed by atoms with Gasteiger partial charge in [0.2, 0.25) is 0 Å². The van der Waals surface area contributed by atoms with E-state index in [0.717, 1.165) is 24.5 Å². The van der Waals surface area contributed by atoms with Crippen LogP contribution >= 0.6 is 11.6 Å². The maximum Gasteiger partial charge on any atom is 0.135 e. The SMILES string of the molecule is CC(CO)C(C)Nc1cc(Cl)nc(C2CC2)n1. The van der Waals surface area contributed by atoms with E-state index in [9.17, 15) is 0 Å². The fourth-order valence-corrected chi connectivity index (χ4v) is 1.76. The highest BCUT2D eigenvalue weighted by molar-refractivity contribution is 6.29. The summed E-state index contributed by atoms with van der Waals surface area (Å²) < 4.78 is 0. The van der Waals surface area contributed by atoms with Gasteiger partial charge in [-0.2, -0.15) is 0 Å². The predicted octanol–water partition coefficient (Wildman–Crippen LogP) is 2.44. The highest BCUT2D eigenvalue weighted by Gasteiger charge is 2.27. The monoisotopic (exact) mass is 255 g/mol. The summed E-state index contributed by atoms with van der Waals surface area (Å²) in [7, 11) is 0. The average Bonchev–Trinajstić information content (AvgIpc) is 3.10. The van der Waals surface area contributed by atoms with Crippen molar-refractivity contribution in [1.29, 1.82) is 0 Å². The van der Waals surface area contributed by atoms with Crippen LogP contribution < -0.4 is 5.32 Å². The Labute approximate surface area is 106 Å². The van der Waals surface area contributed by atoms with Crippen LogP contribution in [0.15, 0.2) is 6.07 Å².